The first-order chi connectivity index (χ1) is 10.3. The number of hydrogen-bond donors (Lipinski definition) is 2. The lowest BCUT2D eigenvalue weighted by molar-refractivity contribution is 0.101. The van der Waals surface area contributed by atoms with Gasteiger partial charge < -0.3 is 19.9 Å². The van der Waals surface area contributed by atoms with Gasteiger partial charge in [-0.05, 0) is 30.8 Å². The lowest BCUT2D eigenvalue weighted by atomic mass is 10.1. The first kappa shape index (κ1) is 15.3. The van der Waals surface area contributed by atoms with Crippen molar-refractivity contribution in [2.75, 3.05) is 26.1 Å². The number of methoxy groups -OCH3 is 1. The average Bonchev–Trinajstić information content (AvgIpc) is 2.96. The van der Waals surface area contributed by atoms with Crippen LogP contribution in [-0.4, -0.2) is 31.2 Å². The fourth-order valence-electron chi connectivity index (χ4n) is 2.18. The third-order valence-corrected chi connectivity index (χ3v) is 3.23. The van der Waals surface area contributed by atoms with Crippen molar-refractivity contribution in [3.8, 4) is 0 Å². The molecule has 0 aliphatic carbocycles. The highest BCUT2D eigenvalue weighted by Gasteiger charge is 2.12. The molecule has 5 heteroatoms. The van der Waals surface area contributed by atoms with Crippen LogP contribution in [0.1, 0.15) is 16.1 Å². The second-order valence-corrected chi connectivity index (χ2v) is 4.72. The monoisotopic (exact) mass is 287 g/mol. The van der Waals surface area contributed by atoms with E-state index in [9.17, 15) is 4.79 Å². The van der Waals surface area contributed by atoms with Crippen LogP contribution in [0.5, 0.6) is 0 Å². The van der Waals surface area contributed by atoms with Crippen molar-refractivity contribution in [3.63, 3.8) is 0 Å². The second kappa shape index (κ2) is 7.61. The highest BCUT2D eigenvalue weighted by atomic mass is 16.5. The number of ether oxygens (including phenoxy) is 1. The molecule has 0 bridgehead atoms. The lowest BCUT2D eigenvalue weighted by Gasteiger charge is -2.12. The van der Waals surface area contributed by atoms with Crippen LogP contribution in [0.25, 0.3) is 0 Å². The number of amides is 1. The molecule has 5 nitrogen and oxygen atoms in total. The Morgan fingerprint density at radius 3 is 2.81 bits per heavy atom. The molecular formula is C16H21N3O2. The predicted molar refractivity (Wildman–Crippen MR) is 83.5 cm³/mol. The Labute approximate surface area is 124 Å². The quantitative estimate of drug-likeness (QED) is 0.820. The molecule has 0 saturated carbocycles. The summed E-state index contributed by atoms with van der Waals surface area (Å²) in [6.07, 6.45) is 1.88. The van der Waals surface area contributed by atoms with Crippen LogP contribution < -0.4 is 10.6 Å². The van der Waals surface area contributed by atoms with Crippen LogP contribution in [0.3, 0.4) is 0 Å². The molecule has 0 radical (unpaired) electrons. The zero-order valence-corrected chi connectivity index (χ0v) is 12.4. The fourth-order valence-corrected chi connectivity index (χ4v) is 2.18. The predicted octanol–water partition coefficient (Wildman–Crippen LogP) is 2.11. The summed E-state index contributed by atoms with van der Waals surface area (Å²) in [6.45, 7) is 1.94. The number of nitrogens with one attached hydrogen (secondary N) is 2. The van der Waals surface area contributed by atoms with Crippen LogP contribution in [0.15, 0.2) is 42.6 Å². The Morgan fingerprint density at radius 2 is 2.05 bits per heavy atom. The topological polar surface area (TPSA) is 55.3 Å². The van der Waals surface area contributed by atoms with E-state index in [-0.39, 0.29) is 5.91 Å². The Kier molecular flexibility index (Phi) is 5.54. The number of para-hydroxylation sites is 1. The molecule has 21 heavy (non-hydrogen) atoms. The third-order valence-electron chi connectivity index (χ3n) is 3.23. The number of benzene rings is 1. The van der Waals surface area contributed by atoms with Crippen LogP contribution in [0, 0.1) is 0 Å². The zero-order chi connectivity index (χ0) is 15.1. The van der Waals surface area contributed by atoms with Gasteiger partial charge in [0.15, 0.2) is 0 Å². The van der Waals surface area contributed by atoms with E-state index in [0.717, 1.165) is 11.3 Å². The SMILES string of the molecule is CNCc1ccccc1NC(=O)c1cccn1CCOC. The van der Waals surface area contributed by atoms with Gasteiger partial charge in [-0.3, -0.25) is 4.79 Å². The van der Waals surface area contributed by atoms with E-state index in [2.05, 4.69) is 10.6 Å². The Balaban J connectivity index is 2.13. The van der Waals surface area contributed by atoms with Gasteiger partial charge >= 0.3 is 0 Å². The Hall–Kier alpha value is -2.11. The van der Waals surface area contributed by atoms with Gasteiger partial charge in [-0.25, -0.2) is 0 Å². The molecule has 1 heterocycles. The molecule has 2 aromatic rings. The van der Waals surface area contributed by atoms with E-state index in [4.69, 9.17) is 4.74 Å². The first-order valence-electron chi connectivity index (χ1n) is 6.94. The van der Waals surface area contributed by atoms with Crippen molar-refractivity contribution < 1.29 is 9.53 Å². The number of rotatable bonds is 7. The van der Waals surface area contributed by atoms with Crippen LogP contribution in [0.2, 0.25) is 0 Å². The molecule has 0 unspecified atom stereocenters. The molecular weight excluding hydrogens is 266 g/mol. The summed E-state index contributed by atoms with van der Waals surface area (Å²) in [5.41, 5.74) is 2.52. The molecule has 2 N–H and O–H groups in total. The maximum absolute atomic E-state index is 12.4. The summed E-state index contributed by atoms with van der Waals surface area (Å²) in [7, 11) is 3.53. The van der Waals surface area contributed by atoms with E-state index in [1.54, 1.807) is 7.11 Å². The normalized spacial score (nSPS) is 10.6. The lowest BCUT2D eigenvalue weighted by Crippen LogP contribution is -2.19. The largest absolute Gasteiger partial charge is 0.383 e. The van der Waals surface area contributed by atoms with Crippen molar-refractivity contribution in [3.05, 3.63) is 53.9 Å². The van der Waals surface area contributed by atoms with Crippen molar-refractivity contribution in [1.29, 1.82) is 0 Å². The minimum atomic E-state index is -0.111. The number of carbonyl (C=O) groups is 1. The number of anilines is 1. The molecule has 0 aliphatic rings. The minimum absolute atomic E-state index is 0.111. The summed E-state index contributed by atoms with van der Waals surface area (Å²) in [5, 5.41) is 6.07. The van der Waals surface area contributed by atoms with E-state index in [1.165, 1.54) is 0 Å². The maximum Gasteiger partial charge on any atom is 0.272 e. The van der Waals surface area contributed by atoms with Gasteiger partial charge in [0.25, 0.3) is 5.91 Å². The number of carbonyl (C=O) groups excluding carboxylic acids is 1. The van der Waals surface area contributed by atoms with E-state index >= 15 is 0 Å². The standard InChI is InChI=1S/C16H21N3O2/c1-17-12-13-6-3-4-7-14(13)18-16(20)15-8-5-9-19(15)10-11-21-2/h3-9,17H,10-12H2,1-2H3,(H,18,20). The van der Waals surface area contributed by atoms with Crippen molar-refractivity contribution in [1.82, 2.24) is 9.88 Å². The average molecular weight is 287 g/mol. The van der Waals surface area contributed by atoms with Gasteiger partial charge in [0, 0.05) is 32.1 Å². The molecule has 1 aromatic carbocycles. The van der Waals surface area contributed by atoms with Gasteiger partial charge in [0.1, 0.15) is 5.69 Å². The van der Waals surface area contributed by atoms with Gasteiger partial charge in [-0.1, -0.05) is 18.2 Å². The van der Waals surface area contributed by atoms with Crippen molar-refractivity contribution >= 4 is 11.6 Å². The van der Waals surface area contributed by atoms with Gasteiger partial charge in [-0.2, -0.15) is 0 Å². The fraction of sp³-hybridized carbons (Fsp3) is 0.312. The number of nitrogens with zero attached hydrogens (tertiary/aromatic N) is 1. The molecule has 2 rings (SSSR count). The van der Waals surface area contributed by atoms with Gasteiger partial charge in [0.05, 0.1) is 6.61 Å². The molecule has 0 aliphatic heterocycles. The van der Waals surface area contributed by atoms with Crippen LogP contribution in [0.4, 0.5) is 5.69 Å². The number of hydrogen-bond acceptors (Lipinski definition) is 3. The molecule has 112 valence electrons. The highest BCUT2D eigenvalue weighted by Crippen LogP contribution is 2.16. The first-order valence-corrected chi connectivity index (χ1v) is 6.94. The molecule has 0 fully saturated rings. The van der Waals surface area contributed by atoms with Crippen molar-refractivity contribution in [2.24, 2.45) is 0 Å². The third kappa shape index (κ3) is 3.93. The summed E-state index contributed by atoms with van der Waals surface area (Å²) >= 11 is 0. The van der Waals surface area contributed by atoms with Crippen LogP contribution >= 0.6 is 0 Å². The van der Waals surface area contributed by atoms with Gasteiger partial charge in [0.2, 0.25) is 0 Å². The van der Waals surface area contributed by atoms with Crippen molar-refractivity contribution in [2.45, 2.75) is 13.1 Å². The minimum Gasteiger partial charge on any atom is -0.383 e. The molecule has 0 atom stereocenters. The summed E-state index contributed by atoms with van der Waals surface area (Å²) in [4.78, 5) is 12.4. The van der Waals surface area contributed by atoms with E-state index in [1.807, 2.05) is 54.2 Å². The Bertz CT molecular complexity index is 593. The van der Waals surface area contributed by atoms with E-state index < -0.39 is 0 Å². The summed E-state index contributed by atoms with van der Waals surface area (Å²) in [5.74, 6) is -0.111. The molecule has 1 amide bonds. The molecule has 0 spiro atoms. The summed E-state index contributed by atoms with van der Waals surface area (Å²) in [6, 6.07) is 11.5. The van der Waals surface area contributed by atoms with E-state index in [0.29, 0.717) is 25.4 Å². The van der Waals surface area contributed by atoms with Crippen LogP contribution in [-0.2, 0) is 17.8 Å². The second-order valence-electron chi connectivity index (χ2n) is 4.72. The van der Waals surface area contributed by atoms with Gasteiger partial charge in [-0.15, -0.1) is 0 Å². The number of aromatic nitrogens is 1. The maximum atomic E-state index is 12.4. The Morgan fingerprint density at radius 1 is 1.24 bits per heavy atom. The molecule has 1 aromatic heterocycles. The zero-order valence-electron chi connectivity index (χ0n) is 12.4. The highest BCUT2D eigenvalue weighted by molar-refractivity contribution is 6.03. The smallest absolute Gasteiger partial charge is 0.272 e. The summed E-state index contributed by atoms with van der Waals surface area (Å²) < 4.78 is 6.95. The molecule has 0 saturated heterocycles.